The fraction of sp³-hybridized carbons (Fsp3) is 0.818. The topological polar surface area (TPSA) is 72.9 Å². The van der Waals surface area contributed by atoms with Crippen LogP contribution in [0.4, 0.5) is 9.59 Å². The third kappa shape index (κ3) is 4.50. The summed E-state index contributed by atoms with van der Waals surface area (Å²) in [6.07, 6.45) is 2.34. The van der Waals surface area contributed by atoms with Gasteiger partial charge in [-0.05, 0) is 6.42 Å². The number of urea groups is 1. The first-order valence-corrected chi connectivity index (χ1v) is 6.15. The molecule has 1 aliphatic rings. The molecule has 3 amide bonds. The molecule has 0 aliphatic carbocycles. The summed E-state index contributed by atoms with van der Waals surface area (Å²) in [6, 6.07) is -0.0776. The Kier molecular flexibility index (Phi) is 5.59. The molecule has 1 heterocycles. The van der Waals surface area contributed by atoms with Crippen LogP contribution < -0.4 is 5.32 Å². The van der Waals surface area contributed by atoms with Gasteiger partial charge in [-0.15, -0.1) is 0 Å². The number of nitrogens with zero attached hydrogens (tertiary/aromatic N) is 2. The highest BCUT2D eigenvalue weighted by atomic mass is 16.4. The summed E-state index contributed by atoms with van der Waals surface area (Å²) in [4.78, 5) is 25.4. The number of rotatable bonds is 4. The van der Waals surface area contributed by atoms with Crippen molar-refractivity contribution in [3.05, 3.63) is 0 Å². The van der Waals surface area contributed by atoms with Crippen LogP contribution in [0.3, 0.4) is 0 Å². The van der Waals surface area contributed by atoms with Gasteiger partial charge in [0.1, 0.15) is 0 Å². The van der Waals surface area contributed by atoms with Gasteiger partial charge in [0.25, 0.3) is 0 Å². The first kappa shape index (κ1) is 13.6. The van der Waals surface area contributed by atoms with Gasteiger partial charge in [-0.25, -0.2) is 9.59 Å². The maximum Gasteiger partial charge on any atom is 0.407 e. The monoisotopic (exact) mass is 243 g/mol. The summed E-state index contributed by atoms with van der Waals surface area (Å²) >= 11 is 0. The average molecular weight is 243 g/mol. The predicted molar refractivity (Wildman–Crippen MR) is 64.1 cm³/mol. The van der Waals surface area contributed by atoms with Crippen molar-refractivity contribution in [2.24, 2.45) is 0 Å². The summed E-state index contributed by atoms with van der Waals surface area (Å²) < 4.78 is 0. The minimum atomic E-state index is -0.909. The minimum absolute atomic E-state index is 0.0776. The predicted octanol–water partition coefficient (Wildman–Crippen LogP) is 1.18. The molecular formula is C11H21N3O3. The van der Waals surface area contributed by atoms with Crippen molar-refractivity contribution in [2.45, 2.75) is 26.2 Å². The van der Waals surface area contributed by atoms with Crippen LogP contribution in [0.2, 0.25) is 0 Å². The number of nitrogens with one attached hydrogen (secondary N) is 1. The molecular weight excluding hydrogens is 222 g/mol. The van der Waals surface area contributed by atoms with Crippen molar-refractivity contribution in [3.8, 4) is 0 Å². The molecule has 1 saturated heterocycles. The van der Waals surface area contributed by atoms with E-state index in [-0.39, 0.29) is 6.03 Å². The number of piperazine rings is 1. The van der Waals surface area contributed by atoms with Crippen LogP contribution >= 0.6 is 0 Å². The van der Waals surface area contributed by atoms with E-state index in [1.54, 1.807) is 4.90 Å². The average Bonchev–Trinajstić information content (AvgIpc) is 2.34. The molecule has 17 heavy (non-hydrogen) atoms. The maximum absolute atomic E-state index is 11.7. The van der Waals surface area contributed by atoms with Gasteiger partial charge in [-0.2, -0.15) is 0 Å². The van der Waals surface area contributed by atoms with Gasteiger partial charge >= 0.3 is 12.1 Å². The van der Waals surface area contributed by atoms with Crippen LogP contribution in [0.15, 0.2) is 0 Å². The Morgan fingerprint density at radius 1 is 1.12 bits per heavy atom. The van der Waals surface area contributed by atoms with E-state index in [4.69, 9.17) is 5.11 Å². The van der Waals surface area contributed by atoms with Gasteiger partial charge in [-0.3, -0.25) is 0 Å². The van der Waals surface area contributed by atoms with E-state index in [1.807, 2.05) is 0 Å². The van der Waals surface area contributed by atoms with Crippen molar-refractivity contribution in [2.75, 3.05) is 32.7 Å². The van der Waals surface area contributed by atoms with Crippen LogP contribution in [0.1, 0.15) is 26.2 Å². The van der Waals surface area contributed by atoms with E-state index in [2.05, 4.69) is 12.2 Å². The number of carboxylic acid groups (broad SMARTS) is 1. The number of carbonyl (C=O) groups is 2. The fourth-order valence-electron chi connectivity index (χ4n) is 1.78. The third-order valence-electron chi connectivity index (χ3n) is 2.89. The zero-order valence-electron chi connectivity index (χ0n) is 10.3. The number of hydrogen-bond donors (Lipinski definition) is 2. The SMILES string of the molecule is CCCCCNC(=O)N1CCN(C(=O)O)CC1. The lowest BCUT2D eigenvalue weighted by Crippen LogP contribution is -2.53. The summed E-state index contributed by atoms with van der Waals surface area (Å²) in [7, 11) is 0. The van der Waals surface area contributed by atoms with Crippen molar-refractivity contribution >= 4 is 12.1 Å². The van der Waals surface area contributed by atoms with E-state index in [9.17, 15) is 9.59 Å². The minimum Gasteiger partial charge on any atom is -0.465 e. The molecule has 0 aromatic rings. The first-order valence-electron chi connectivity index (χ1n) is 6.15. The Labute approximate surface area is 102 Å². The molecule has 6 nitrogen and oxygen atoms in total. The van der Waals surface area contributed by atoms with Crippen LogP contribution in [0, 0.1) is 0 Å². The molecule has 1 fully saturated rings. The highest BCUT2D eigenvalue weighted by molar-refractivity contribution is 5.74. The van der Waals surface area contributed by atoms with Crippen LogP contribution in [-0.4, -0.2) is 59.8 Å². The fourth-order valence-corrected chi connectivity index (χ4v) is 1.78. The molecule has 2 N–H and O–H groups in total. The van der Waals surface area contributed by atoms with E-state index < -0.39 is 6.09 Å². The van der Waals surface area contributed by atoms with Gasteiger partial charge in [0.2, 0.25) is 0 Å². The highest BCUT2D eigenvalue weighted by Gasteiger charge is 2.23. The number of carbonyl (C=O) groups excluding carboxylic acids is 1. The Bertz CT molecular complexity index is 263. The highest BCUT2D eigenvalue weighted by Crippen LogP contribution is 2.02. The normalized spacial score (nSPS) is 15.8. The molecule has 0 unspecified atom stereocenters. The zero-order chi connectivity index (χ0) is 12.7. The molecule has 0 bridgehead atoms. The van der Waals surface area contributed by atoms with Gasteiger partial charge < -0.3 is 20.2 Å². The van der Waals surface area contributed by atoms with E-state index in [0.29, 0.717) is 32.7 Å². The van der Waals surface area contributed by atoms with Crippen LogP contribution in [0.5, 0.6) is 0 Å². The second-order valence-electron chi connectivity index (χ2n) is 4.20. The Morgan fingerprint density at radius 3 is 2.24 bits per heavy atom. The molecule has 0 aromatic heterocycles. The van der Waals surface area contributed by atoms with Crippen LogP contribution in [0.25, 0.3) is 0 Å². The van der Waals surface area contributed by atoms with Crippen molar-refractivity contribution in [1.29, 1.82) is 0 Å². The third-order valence-corrected chi connectivity index (χ3v) is 2.89. The standard InChI is InChI=1S/C11H21N3O3/c1-2-3-4-5-12-10(15)13-6-8-14(9-7-13)11(16)17/h2-9H2,1H3,(H,12,15)(H,16,17). The molecule has 6 heteroatoms. The number of hydrogen-bond acceptors (Lipinski definition) is 2. The van der Waals surface area contributed by atoms with Gasteiger partial charge in [0, 0.05) is 32.7 Å². The molecule has 0 radical (unpaired) electrons. The molecule has 1 aliphatic heterocycles. The lowest BCUT2D eigenvalue weighted by atomic mass is 10.2. The molecule has 1 rings (SSSR count). The van der Waals surface area contributed by atoms with E-state index >= 15 is 0 Å². The molecule has 98 valence electrons. The van der Waals surface area contributed by atoms with Crippen LogP contribution in [-0.2, 0) is 0 Å². The summed E-state index contributed by atoms with van der Waals surface area (Å²) in [5.41, 5.74) is 0. The quantitative estimate of drug-likeness (QED) is 0.728. The van der Waals surface area contributed by atoms with E-state index in [0.717, 1.165) is 19.3 Å². The second kappa shape index (κ2) is 6.98. The molecule has 0 atom stereocenters. The largest absolute Gasteiger partial charge is 0.465 e. The summed E-state index contributed by atoms with van der Waals surface area (Å²) in [6.45, 7) is 4.58. The number of amides is 3. The zero-order valence-corrected chi connectivity index (χ0v) is 10.3. The Hall–Kier alpha value is -1.46. The first-order chi connectivity index (χ1) is 8.15. The van der Waals surface area contributed by atoms with Crippen molar-refractivity contribution < 1.29 is 14.7 Å². The maximum atomic E-state index is 11.7. The summed E-state index contributed by atoms with van der Waals surface area (Å²) in [5.74, 6) is 0. The van der Waals surface area contributed by atoms with E-state index in [1.165, 1.54) is 4.90 Å². The van der Waals surface area contributed by atoms with Gasteiger partial charge in [0.05, 0.1) is 0 Å². The lowest BCUT2D eigenvalue weighted by molar-refractivity contribution is 0.112. The Balaban J connectivity index is 2.19. The second-order valence-corrected chi connectivity index (χ2v) is 4.20. The Morgan fingerprint density at radius 2 is 1.71 bits per heavy atom. The summed E-state index contributed by atoms with van der Waals surface area (Å²) in [5, 5.41) is 11.6. The van der Waals surface area contributed by atoms with Gasteiger partial charge in [-0.1, -0.05) is 19.8 Å². The molecule has 0 spiro atoms. The van der Waals surface area contributed by atoms with Crippen molar-refractivity contribution in [3.63, 3.8) is 0 Å². The van der Waals surface area contributed by atoms with Crippen molar-refractivity contribution in [1.82, 2.24) is 15.1 Å². The smallest absolute Gasteiger partial charge is 0.407 e. The molecule has 0 saturated carbocycles. The lowest BCUT2D eigenvalue weighted by Gasteiger charge is -2.33. The van der Waals surface area contributed by atoms with Gasteiger partial charge in [0.15, 0.2) is 0 Å². The number of unbranched alkanes of at least 4 members (excludes halogenated alkanes) is 2. The molecule has 0 aromatic carbocycles.